The van der Waals surface area contributed by atoms with Crippen LogP contribution in [0.1, 0.15) is 16.1 Å². The van der Waals surface area contributed by atoms with Gasteiger partial charge in [0, 0.05) is 4.90 Å². The lowest BCUT2D eigenvalue weighted by atomic mass is 10.2. The van der Waals surface area contributed by atoms with Gasteiger partial charge in [-0.15, -0.1) is 0 Å². The molecular formula is C11H9NO3S. The average molecular weight is 235 g/mol. The molecule has 16 heavy (non-hydrogen) atoms. The molecule has 0 amide bonds. The van der Waals surface area contributed by atoms with Gasteiger partial charge in [-0.25, -0.2) is 9.78 Å². The topological polar surface area (TPSA) is 63.3 Å². The van der Waals surface area contributed by atoms with E-state index >= 15 is 0 Å². The van der Waals surface area contributed by atoms with Crippen molar-refractivity contribution >= 4 is 17.7 Å². The first-order valence-corrected chi connectivity index (χ1v) is 5.40. The van der Waals surface area contributed by atoms with Crippen LogP contribution in [0, 0.1) is 6.92 Å². The van der Waals surface area contributed by atoms with E-state index in [9.17, 15) is 4.79 Å². The van der Waals surface area contributed by atoms with Crippen LogP contribution in [-0.2, 0) is 0 Å². The Balaban J connectivity index is 2.14. The van der Waals surface area contributed by atoms with Crippen molar-refractivity contribution in [1.29, 1.82) is 0 Å². The first-order chi connectivity index (χ1) is 7.65. The van der Waals surface area contributed by atoms with E-state index in [0.717, 1.165) is 10.6 Å². The van der Waals surface area contributed by atoms with Gasteiger partial charge in [0.15, 0.2) is 0 Å². The maximum absolute atomic E-state index is 10.6. The lowest BCUT2D eigenvalue weighted by molar-refractivity contribution is 0.0697. The standard InChI is InChI=1S/C11H9NO3S/c1-7-6-15-11(12-7)16-9-4-2-8(3-5-9)10(13)14/h2-6H,1H3,(H,13,14). The molecule has 0 radical (unpaired) electrons. The molecule has 4 nitrogen and oxygen atoms in total. The van der Waals surface area contributed by atoms with Crippen LogP contribution in [0.4, 0.5) is 0 Å². The van der Waals surface area contributed by atoms with Crippen LogP contribution in [0.25, 0.3) is 0 Å². The second-order valence-corrected chi connectivity index (χ2v) is 4.21. The van der Waals surface area contributed by atoms with Crippen molar-refractivity contribution in [3.05, 3.63) is 41.8 Å². The molecule has 0 atom stereocenters. The molecule has 1 heterocycles. The molecule has 1 aromatic carbocycles. The van der Waals surface area contributed by atoms with Crippen LogP contribution >= 0.6 is 11.8 Å². The summed E-state index contributed by atoms with van der Waals surface area (Å²) >= 11 is 1.36. The summed E-state index contributed by atoms with van der Waals surface area (Å²) < 4.78 is 5.18. The van der Waals surface area contributed by atoms with Crippen LogP contribution in [0.15, 0.2) is 45.1 Å². The van der Waals surface area contributed by atoms with E-state index in [-0.39, 0.29) is 5.56 Å². The maximum Gasteiger partial charge on any atom is 0.335 e. The van der Waals surface area contributed by atoms with Crippen molar-refractivity contribution in [2.45, 2.75) is 17.0 Å². The van der Waals surface area contributed by atoms with E-state index in [1.807, 2.05) is 6.92 Å². The SMILES string of the molecule is Cc1coc(Sc2ccc(C(=O)O)cc2)n1. The minimum Gasteiger partial charge on any atom is -0.478 e. The van der Waals surface area contributed by atoms with Crippen LogP contribution in [-0.4, -0.2) is 16.1 Å². The third kappa shape index (κ3) is 2.43. The lowest BCUT2D eigenvalue weighted by Crippen LogP contribution is -1.94. The molecule has 0 fully saturated rings. The quantitative estimate of drug-likeness (QED) is 0.886. The molecule has 2 aromatic rings. The predicted molar refractivity (Wildman–Crippen MR) is 58.8 cm³/mol. The number of oxazole rings is 1. The van der Waals surface area contributed by atoms with Gasteiger partial charge in [0.25, 0.3) is 5.22 Å². The molecule has 2 rings (SSSR count). The highest BCUT2D eigenvalue weighted by Gasteiger charge is 2.05. The summed E-state index contributed by atoms with van der Waals surface area (Å²) in [6.07, 6.45) is 1.58. The van der Waals surface area contributed by atoms with Gasteiger partial charge in [0.2, 0.25) is 0 Å². The zero-order valence-electron chi connectivity index (χ0n) is 8.51. The fraction of sp³-hybridized carbons (Fsp3) is 0.0909. The third-order valence-corrected chi connectivity index (χ3v) is 2.77. The fourth-order valence-corrected chi connectivity index (χ4v) is 1.91. The Morgan fingerprint density at radius 3 is 2.56 bits per heavy atom. The summed E-state index contributed by atoms with van der Waals surface area (Å²) in [4.78, 5) is 15.7. The van der Waals surface area contributed by atoms with E-state index in [1.165, 1.54) is 11.8 Å². The minimum absolute atomic E-state index is 0.271. The van der Waals surface area contributed by atoms with E-state index in [2.05, 4.69) is 4.98 Å². The molecule has 0 saturated heterocycles. The Hall–Kier alpha value is -1.75. The average Bonchev–Trinajstić information content (AvgIpc) is 2.65. The molecule has 5 heteroatoms. The van der Waals surface area contributed by atoms with Gasteiger partial charge in [-0.1, -0.05) is 0 Å². The molecule has 0 spiro atoms. The number of carboxylic acid groups (broad SMARTS) is 1. The second-order valence-electron chi connectivity index (χ2n) is 3.19. The zero-order chi connectivity index (χ0) is 11.5. The molecule has 82 valence electrons. The molecule has 0 aliphatic heterocycles. The third-order valence-electron chi connectivity index (χ3n) is 1.90. The molecule has 0 bridgehead atoms. The van der Waals surface area contributed by atoms with Crippen molar-refractivity contribution < 1.29 is 14.3 Å². The number of carbonyl (C=O) groups is 1. The summed E-state index contributed by atoms with van der Waals surface area (Å²) in [5, 5.41) is 9.29. The number of aromatic nitrogens is 1. The Bertz CT molecular complexity index is 504. The summed E-state index contributed by atoms with van der Waals surface area (Å²) in [6, 6.07) is 6.57. The molecule has 1 N–H and O–H groups in total. The molecule has 0 unspecified atom stereocenters. The van der Waals surface area contributed by atoms with Crippen LogP contribution < -0.4 is 0 Å². The zero-order valence-corrected chi connectivity index (χ0v) is 9.32. The number of aryl methyl sites for hydroxylation is 1. The van der Waals surface area contributed by atoms with Crippen molar-refractivity contribution in [1.82, 2.24) is 4.98 Å². The van der Waals surface area contributed by atoms with Gasteiger partial charge in [-0.3, -0.25) is 0 Å². The number of hydrogen-bond acceptors (Lipinski definition) is 4. The smallest absolute Gasteiger partial charge is 0.335 e. The maximum atomic E-state index is 10.6. The molecule has 0 aliphatic carbocycles. The number of nitrogens with zero attached hydrogens (tertiary/aromatic N) is 1. The Morgan fingerprint density at radius 1 is 1.38 bits per heavy atom. The number of carboxylic acids is 1. The highest BCUT2D eigenvalue weighted by Crippen LogP contribution is 2.26. The van der Waals surface area contributed by atoms with Crippen LogP contribution in [0.2, 0.25) is 0 Å². The Morgan fingerprint density at radius 2 is 2.06 bits per heavy atom. The first-order valence-electron chi connectivity index (χ1n) is 4.58. The summed E-state index contributed by atoms with van der Waals surface area (Å²) in [6.45, 7) is 1.85. The summed E-state index contributed by atoms with van der Waals surface area (Å²) in [5.74, 6) is -0.927. The number of aromatic carboxylic acids is 1. The van der Waals surface area contributed by atoms with E-state index in [4.69, 9.17) is 9.52 Å². The molecular weight excluding hydrogens is 226 g/mol. The van der Waals surface area contributed by atoms with Crippen LogP contribution in [0.3, 0.4) is 0 Å². The Kier molecular flexibility index (Phi) is 2.96. The van der Waals surface area contributed by atoms with Crippen molar-refractivity contribution in [2.75, 3.05) is 0 Å². The van der Waals surface area contributed by atoms with Gasteiger partial charge in [0.1, 0.15) is 6.26 Å². The minimum atomic E-state index is -0.927. The van der Waals surface area contributed by atoms with E-state index in [0.29, 0.717) is 5.22 Å². The van der Waals surface area contributed by atoms with Gasteiger partial charge >= 0.3 is 5.97 Å². The highest BCUT2D eigenvalue weighted by molar-refractivity contribution is 7.99. The monoisotopic (exact) mass is 235 g/mol. The summed E-state index contributed by atoms with van der Waals surface area (Å²) in [5.41, 5.74) is 1.09. The van der Waals surface area contributed by atoms with Gasteiger partial charge < -0.3 is 9.52 Å². The Labute approximate surface area is 96.3 Å². The second kappa shape index (κ2) is 4.40. The van der Waals surface area contributed by atoms with E-state index in [1.54, 1.807) is 30.5 Å². The van der Waals surface area contributed by atoms with E-state index < -0.39 is 5.97 Å². The first kappa shape index (κ1) is 10.8. The largest absolute Gasteiger partial charge is 0.478 e. The normalized spacial score (nSPS) is 10.3. The van der Waals surface area contributed by atoms with Crippen LogP contribution in [0.5, 0.6) is 0 Å². The predicted octanol–water partition coefficient (Wildman–Crippen LogP) is 2.83. The van der Waals surface area contributed by atoms with Crippen molar-refractivity contribution in [2.24, 2.45) is 0 Å². The number of rotatable bonds is 3. The van der Waals surface area contributed by atoms with Crippen molar-refractivity contribution in [3.63, 3.8) is 0 Å². The summed E-state index contributed by atoms with van der Waals surface area (Å²) in [7, 11) is 0. The fourth-order valence-electron chi connectivity index (χ4n) is 1.15. The van der Waals surface area contributed by atoms with Gasteiger partial charge in [0.05, 0.1) is 11.3 Å². The lowest BCUT2D eigenvalue weighted by Gasteiger charge is -1.97. The highest BCUT2D eigenvalue weighted by atomic mass is 32.2. The molecule has 1 aromatic heterocycles. The van der Waals surface area contributed by atoms with Crippen molar-refractivity contribution in [3.8, 4) is 0 Å². The van der Waals surface area contributed by atoms with Gasteiger partial charge in [-0.2, -0.15) is 0 Å². The number of benzene rings is 1. The molecule has 0 aliphatic rings. The van der Waals surface area contributed by atoms with Gasteiger partial charge in [-0.05, 0) is 43.0 Å². The molecule has 0 saturated carbocycles. The number of hydrogen-bond donors (Lipinski definition) is 1.